The second-order valence-electron chi connectivity index (χ2n) is 10.4. The van der Waals surface area contributed by atoms with Crippen molar-refractivity contribution in [1.29, 1.82) is 0 Å². The lowest BCUT2D eigenvalue weighted by molar-refractivity contribution is -0.187. The number of nitrogens with zero attached hydrogens (tertiary/aromatic N) is 4. The van der Waals surface area contributed by atoms with E-state index in [1.165, 1.54) is 11.1 Å². The molecule has 2 fully saturated rings. The van der Waals surface area contributed by atoms with E-state index in [1.54, 1.807) is 29.0 Å². The van der Waals surface area contributed by atoms with Gasteiger partial charge in [0.05, 0.1) is 20.2 Å². The van der Waals surface area contributed by atoms with Gasteiger partial charge in [0.2, 0.25) is 11.8 Å². The van der Waals surface area contributed by atoms with E-state index in [1.807, 2.05) is 54.6 Å². The van der Waals surface area contributed by atoms with Crippen LogP contribution in [0, 0.1) is 0 Å². The molecule has 12 nitrogen and oxygen atoms in total. The molecular formula is C31H40N6O6. The topological polar surface area (TPSA) is 124 Å². The zero-order chi connectivity index (χ0) is 30.8. The molecule has 2 saturated heterocycles. The zero-order valence-corrected chi connectivity index (χ0v) is 24.7. The highest BCUT2D eigenvalue weighted by molar-refractivity contribution is 5.91. The molecule has 12 heteroatoms. The van der Waals surface area contributed by atoms with Gasteiger partial charge in [-0.25, -0.2) is 19.6 Å². The highest BCUT2D eigenvalue weighted by Crippen LogP contribution is 2.28. The van der Waals surface area contributed by atoms with E-state index in [2.05, 4.69) is 17.2 Å². The standard InChI is InChI=1S/C31H40N6O6/c1-4-19-43-31(41)32-17-8-11-26-29(39)35(18-16-23-12-14-25(42-3)15-13-23)21-27-36(26)28(38)22-34(2)37(27)30(40)33-20-24-9-6-5-7-10-24/h4-7,9-10,12-15,26-27H,1,8,11,16-22H2,2-3H3,(H,32,41)(H,33,40)/t26-,27-/m0/s1. The number of nitrogens with one attached hydrogen (secondary N) is 2. The Kier molecular flexibility index (Phi) is 11.0. The van der Waals surface area contributed by atoms with Crippen molar-refractivity contribution in [3.05, 3.63) is 78.4 Å². The van der Waals surface area contributed by atoms with Crippen molar-refractivity contribution in [2.24, 2.45) is 0 Å². The van der Waals surface area contributed by atoms with Crippen LogP contribution in [0.25, 0.3) is 0 Å². The van der Waals surface area contributed by atoms with Gasteiger partial charge < -0.3 is 29.9 Å². The fourth-order valence-electron chi connectivity index (χ4n) is 5.37. The zero-order valence-electron chi connectivity index (χ0n) is 24.7. The summed E-state index contributed by atoms with van der Waals surface area (Å²) in [6.45, 7) is 4.74. The third-order valence-electron chi connectivity index (χ3n) is 7.52. The molecule has 0 aliphatic carbocycles. The van der Waals surface area contributed by atoms with E-state index in [-0.39, 0.29) is 44.1 Å². The van der Waals surface area contributed by atoms with Crippen molar-refractivity contribution in [2.75, 3.05) is 46.9 Å². The van der Waals surface area contributed by atoms with E-state index in [9.17, 15) is 19.2 Å². The van der Waals surface area contributed by atoms with Gasteiger partial charge in [0.1, 0.15) is 24.6 Å². The first-order valence-electron chi connectivity index (χ1n) is 14.4. The molecule has 4 rings (SSSR count). The predicted octanol–water partition coefficient (Wildman–Crippen LogP) is 2.37. The first-order chi connectivity index (χ1) is 20.8. The van der Waals surface area contributed by atoms with Crippen LogP contribution < -0.4 is 15.4 Å². The largest absolute Gasteiger partial charge is 0.497 e. The molecule has 0 radical (unpaired) electrons. The molecule has 2 heterocycles. The number of likely N-dealkylation sites (N-methyl/N-ethyl adjacent to an activating group) is 1. The summed E-state index contributed by atoms with van der Waals surface area (Å²) < 4.78 is 10.2. The molecule has 0 aromatic heterocycles. The van der Waals surface area contributed by atoms with Gasteiger partial charge in [-0.3, -0.25) is 9.59 Å². The summed E-state index contributed by atoms with van der Waals surface area (Å²) in [5, 5.41) is 8.76. The molecule has 2 aromatic rings. The third kappa shape index (κ3) is 8.04. The average molecular weight is 593 g/mol. The Morgan fingerprint density at radius 1 is 1.05 bits per heavy atom. The number of alkyl carbamates (subject to hydrolysis) is 1. The molecule has 2 N–H and O–H groups in total. The number of methoxy groups -OCH3 is 1. The summed E-state index contributed by atoms with van der Waals surface area (Å²) in [6, 6.07) is 16.1. The van der Waals surface area contributed by atoms with Crippen LogP contribution in [0.5, 0.6) is 5.75 Å². The van der Waals surface area contributed by atoms with Crippen LogP contribution in [-0.4, -0.2) is 103 Å². The Bertz CT molecular complexity index is 1270. The minimum Gasteiger partial charge on any atom is -0.497 e. The van der Waals surface area contributed by atoms with E-state index in [0.29, 0.717) is 32.4 Å². The Balaban J connectivity index is 1.51. The quantitative estimate of drug-likeness (QED) is 0.287. The van der Waals surface area contributed by atoms with Crippen LogP contribution in [0.4, 0.5) is 9.59 Å². The number of carbonyl (C=O) groups is 4. The number of carbonyl (C=O) groups excluding carboxylic acids is 4. The van der Waals surface area contributed by atoms with Gasteiger partial charge in [-0.15, -0.1) is 0 Å². The molecule has 2 aromatic carbocycles. The fraction of sp³-hybridized carbons (Fsp3) is 0.419. The predicted molar refractivity (Wildman–Crippen MR) is 160 cm³/mol. The fourth-order valence-corrected chi connectivity index (χ4v) is 5.37. The molecule has 43 heavy (non-hydrogen) atoms. The van der Waals surface area contributed by atoms with E-state index in [0.717, 1.165) is 16.9 Å². The molecule has 0 saturated carbocycles. The SMILES string of the molecule is C=CCOC(=O)NCCC[C@H]1C(=O)N(CCc2ccc(OC)cc2)C[C@H]2N1C(=O)CN(C)N2C(=O)NCc1ccccc1. The average Bonchev–Trinajstić information content (AvgIpc) is 3.01. The Hall–Kier alpha value is -4.58. The number of piperazine rings is 1. The van der Waals surface area contributed by atoms with Crippen molar-refractivity contribution in [3.8, 4) is 5.75 Å². The number of fused-ring (bicyclic) bond motifs is 1. The van der Waals surface area contributed by atoms with Crippen molar-refractivity contribution in [1.82, 2.24) is 30.5 Å². The maximum atomic E-state index is 13.8. The molecule has 2 aliphatic heterocycles. The molecule has 230 valence electrons. The summed E-state index contributed by atoms with van der Waals surface area (Å²) in [6.07, 6.45) is 1.54. The normalized spacial score (nSPS) is 18.6. The van der Waals surface area contributed by atoms with Crippen LogP contribution in [0.1, 0.15) is 24.0 Å². The number of hydrazine groups is 1. The van der Waals surface area contributed by atoms with Crippen LogP contribution in [0.2, 0.25) is 0 Å². The summed E-state index contributed by atoms with van der Waals surface area (Å²) in [7, 11) is 3.31. The van der Waals surface area contributed by atoms with Crippen LogP contribution in [0.15, 0.2) is 67.3 Å². The summed E-state index contributed by atoms with van der Waals surface area (Å²) >= 11 is 0. The Morgan fingerprint density at radius 3 is 2.49 bits per heavy atom. The lowest BCUT2D eigenvalue weighted by Crippen LogP contribution is -2.76. The lowest BCUT2D eigenvalue weighted by Gasteiger charge is -2.54. The van der Waals surface area contributed by atoms with Crippen molar-refractivity contribution < 1.29 is 28.7 Å². The van der Waals surface area contributed by atoms with Crippen molar-refractivity contribution in [3.63, 3.8) is 0 Å². The smallest absolute Gasteiger partial charge is 0.407 e. The molecule has 0 bridgehead atoms. The summed E-state index contributed by atoms with van der Waals surface area (Å²) in [5.74, 6) is 0.337. The number of urea groups is 1. The second-order valence-corrected chi connectivity index (χ2v) is 10.4. The van der Waals surface area contributed by atoms with Gasteiger partial charge in [0.15, 0.2) is 0 Å². The van der Waals surface area contributed by atoms with Crippen LogP contribution in [0.3, 0.4) is 0 Å². The highest BCUT2D eigenvalue weighted by atomic mass is 16.5. The highest BCUT2D eigenvalue weighted by Gasteiger charge is 2.50. The monoisotopic (exact) mass is 592 g/mol. The maximum absolute atomic E-state index is 13.8. The van der Waals surface area contributed by atoms with Gasteiger partial charge in [-0.1, -0.05) is 55.1 Å². The van der Waals surface area contributed by atoms with E-state index in [4.69, 9.17) is 9.47 Å². The Labute approximate surface area is 252 Å². The second kappa shape index (κ2) is 15.1. The van der Waals surface area contributed by atoms with Gasteiger partial charge in [0, 0.05) is 26.7 Å². The van der Waals surface area contributed by atoms with E-state index < -0.39 is 18.3 Å². The van der Waals surface area contributed by atoms with Gasteiger partial charge >= 0.3 is 12.1 Å². The van der Waals surface area contributed by atoms with Crippen molar-refractivity contribution in [2.45, 2.75) is 38.0 Å². The number of rotatable bonds is 12. The first-order valence-corrected chi connectivity index (χ1v) is 14.4. The molecule has 0 spiro atoms. The lowest BCUT2D eigenvalue weighted by atomic mass is 10.0. The first kappa shape index (κ1) is 31.4. The van der Waals surface area contributed by atoms with Gasteiger partial charge in [-0.05, 0) is 42.5 Å². The number of benzene rings is 2. The molecular weight excluding hydrogens is 552 g/mol. The molecule has 5 amide bonds. The number of amides is 5. The van der Waals surface area contributed by atoms with Crippen molar-refractivity contribution >= 4 is 23.9 Å². The number of ether oxygens (including phenoxy) is 2. The third-order valence-corrected chi connectivity index (χ3v) is 7.52. The minimum absolute atomic E-state index is 0.0446. The molecule has 0 unspecified atom stereocenters. The van der Waals surface area contributed by atoms with E-state index >= 15 is 0 Å². The minimum atomic E-state index is -0.786. The maximum Gasteiger partial charge on any atom is 0.407 e. The molecule has 2 aliphatic rings. The molecule has 2 atom stereocenters. The van der Waals surface area contributed by atoms with Gasteiger partial charge in [-0.2, -0.15) is 0 Å². The Morgan fingerprint density at radius 2 is 1.79 bits per heavy atom. The van der Waals surface area contributed by atoms with Gasteiger partial charge in [0.25, 0.3) is 0 Å². The van der Waals surface area contributed by atoms with Crippen LogP contribution in [-0.2, 0) is 27.3 Å². The summed E-state index contributed by atoms with van der Waals surface area (Å²) in [4.78, 5) is 55.9. The van der Waals surface area contributed by atoms with Crippen LogP contribution >= 0.6 is 0 Å². The summed E-state index contributed by atoms with van der Waals surface area (Å²) in [5.41, 5.74) is 1.98. The number of hydrogen-bond donors (Lipinski definition) is 2. The number of hydrogen-bond acceptors (Lipinski definition) is 7.